The van der Waals surface area contributed by atoms with Crippen LogP contribution in [-0.2, 0) is 4.79 Å². The minimum absolute atomic E-state index is 0.329. The van der Waals surface area contributed by atoms with E-state index >= 15 is 0 Å². The first-order chi connectivity index (χ1) is 9.49. The highest BCUT2D eigenvalue weighted by Crippen LogP contribution is 2.31. The summed E-state index contributed by atoms with van der Waals surface area (Å²) >= 11 is 0. The average molecular weight is 271 g/mol. The highest BCUT2D eigenvalue weighted by molar-refractivity contribution is 5.93. The molecule has 1 aliphatic heterocycles. The molecule has 1 aromatic carbocycles. The molecule has 2 aromatic rings. The van der Waals surface area contributed by atoms with Gasteiger partial charge in [-0.15, -0.1) is 0 Å². The summed E-state index contributed by atoms with van der Waals surface area (Å²) < 4.78 is 0. The van der Waals surface area contributed by atoms with Crippen molar-refractivity contribution < 1.29 is 9.90 Å². The quantitative estimate of drug-likeness (QED) is 0.866. The van der Waals surface area contributed by atoms with E-state index in [9.17, 15) is 9.90 Å². The predicted octanol–water partition coefficient (Wildman–Crippen LogP) is 1.54. The molecule has 0 amide bonds. The van der Waals surface area contributed by atoms with Gasteiger partial charge in [0.1, 0.15) is 5.54 Å². The number of aliphatic carboxylic acids is 1. The molecule has 3 N–H and O–H groups in total. The number of nitrogens with two attached hydrogens (primary N) is 1. The van der Waals surface area contributed by atoms with Gasteiger partial charge in [-0.05, 0) is 25.5 Å². The second-order valence-electron chi connectivity index (χ2n) is 5.43. The molecule has 1 saturated heterocycles. The third-order valence-corrected chi connectivity index (χ3v) is 3.89. The average Bonchev–Trinajstić information content (AvgIpc) is 2.82. The number of carbonyl (C=O) groups is 1. The Labute approximate surface area is 117 Å². The first-order valence-corrected chi connectivity index (χ1v) is 6.63. The number of carboxylic acids is 1. The number of anilines is 1. The van der Waals surface area contributed by atoms with Crippen LogP contribution in [0.1, 0.15) is 12.1 Å². The summed E-state index contributed by atoms with van der Waals surface area (Å²) in [5, 5.41) is 10.3. The van der Waals surface area contributed by atoms with Crippen LogP contribution in [0.5, 0.6) is 0 Å². The van der Waals surface area contributed by atoms with Gasteiger partial charge in [0.2, 0.25) is 0 Å². The number of rotatable bonds is 2. The van der Waals surface area contributed by atoms with Gasteiger partial charge in [-0.2, -0.15) is 0 Å². The molecule has 2 heterocycles. The summed E-state index contributed by atoms with van der Waals surface area (Å²) in [4.78, 5) is 17.8. The fraction of sp³-hybridized carbons (Fsp3) is 0.333. The minimum Gasteiger partial charge on any atom is -0.480 e. The summed E-state index contributed by atoms with van der Waals surface area (Å²) in [6.07, 6.45) is 0.456. The molecule has 5 heteroatoms. The molecule has 3 rings (SSSR count). The number of hydrogen-bond donors (Lipinski definition) is 2. The molecular weight excluding hydrogens is 254 g/mol. The van der Waals surface area contributed by atoms with E-state index in [2.05, 4.69) is 4.98 Å². The highest BCUT2D eigenvalue weighted by Gasteiger charge is 2.41. The largest absolute Gasteiger partial charge is 0.480 e. The van der Waals surface area contributed by atoms with Crippen molar-refractivity contribution in [3.63, 3.8) is 0 Å². The van der Waals surface area contributed by atoms with E-state index in [1.165, 1.54) is 0 Å². The third-order valence-electron chi connectivity index (χ3n) is 3.89. The number of aromatic nitrogens is 1. The number of fused-ring (bicyclic) bond motifs is 1. The summed E-state index contributed by atoms with van der Waals surface area (Å²) in [5.74, 6) is -0.935. The van der Waals surface area contributed by atoms with Crippen molar-refractivity contribution in [2.45, 2.75) is 18.9 Å². The van der Waals surface area contributed by atoms with Gasteiger partial charge in [-0.1, -0.05) is 18.2 Å². The van der Waals surface area contributed by atoms with Gasteiger partial charge < -0.3 is 15.7 Å². The lowest BCUT2D eigenvalue weighted by Gasteiger charge is -2.23. The van der Waals surface area contributed by atoms with Gasteiger partial charge in [-0.25, -0.2) is 0 Å². The number of aryl methyl sites for hydroxylation is 1. The van der Waals surface area contributed by atoms with Crippen molar-refractivity contribution in [3.05, 3.63) is 36.0 Å². The summed E-state index contributed by atoms with van der Waals surface area (Å²) in [5.41, 5.74) is 7.66. The summed E-state index contributed by atoms with van der Waals surface area (Å²) in [7, 11) is 0. The van der Waals surface area contributed by atoms with Gasteiger partial charge in [-0.3, -0.25) is 9.78 Å². The van der Waals surface area contributed by atoms with Crippen molar-refractivity contribution in [1.29, 1.82) is 0 Å². The van der Waals surface area contributed by atoms with Crippen LogP contribution in [0.25, 0.3) is 10.9 Å². The molecule has 1 aliphatic rings. The molecule has 5 nitrogen and oxygen atoms in total. The SMILES string of the molecule is Cc1cc(N2CCC(N)(C(=O)O)C2)c2ccccc2n1. The smallest absolute Gasteiger partial charge is 0.325 e. The summed E-state index contributed by atoms with van der Waals surface area (Å²) in [6.45, 7) is 2.92. The molecular formula is C15H17N3O2. The van der Waals surface area contributed by atoms with Crippen LogP contribution >= 0.6 is 0 Å². The zero-order chi connectivity index (χ0) is 14.3. The maximum Gasteiger partial charge on any atom is 0.325 e. The van der Waals surface area contributed by atoms with Crippen LogP contribution in [0, 0.1) is 6.92 Å². The maximum absolute atomic E-state index is 11.3. The van der Waals surface area contributed by atoms with Crippen molar-refractivity contribution in [2.24, 2.45) is 5.73 Å². The van der Waals surface area contributed by atoms with Crippen LogP contribution in [0.2, 0.25) is 0 Å². The lowest BCUT2D eigenvalue weighted by molar-refractivity contribution is -0.142. The number of benzene rings is 1. The van der Waals surface area contributed by atoms with Crippen molar-refractivity contribution in [2.75, 3.05) is 18.0 Å². The van der Waals surface area contributed by atoms with E-state index < -0.39 is 11.5 Å². The molecule has 0 bridgehead atoms. The lowest BCUT2D eigenvalue weighted by Crippen LogP contribution is -2.50. The highest BCUT2D eigenvalue weighted by atomic mass is 16.4. The van der Waals surface area contributed by atoms with E-state index in [4.69, 9.17) is 5.73 Å². The molecule has 0 radical (unpaired) electrons. The molecule has 1 fully saturated rings. The van der Waals surface area contributed by atoms with Crippen molar-refractivity contribution in [1.82, 2.24) is 4.98 Å². The summed E-state index contributed by atoms with van der Waals surface area (Å²) in [6, 6.07) is 9.89. The Morgan fingerprint density at radius 2 is 2.20 bits per heavy atom. The van der Waals surface area contributed by atoms with Gasteiger partial charge in [0.25, 0.3) is 0 Å². The molecule has 0 aliphatic carbocycles. The van der Waals surface area contributed by atoms with Gasteiger partial charge in [0.05, 0.1) is 5.52 Å². The van der Waals surface area contributed by atoms with Crippen LogP contribution in [-0.4, -0.2) is 34.7 Å². The Morgan fingerprint density at radius 1 is 1.45 bits per heavy atom. The molecule has 1 unspecified atom stereocenters. The third kappa shape index (κ3) is 2.00. The standard InChI is InChI=1S/C15H17N3O2/c1-10-8-13(11-4-2-3-5-12(11)17-10)18-7-6-15(16,9-18)14(19)20/h2-5,8H,6-7,9,16H2,1H3,(H,19,20). The Balaban J connectivity index is 2.05. The monoisotopic (exact) mass is 271 g/mol. The zero-order valence-electron chi connectivity index (χ0n) is 11.3. The van der Waals surface area contributed by atoms with E-state index in [1.54, 1.807) is 0 Å². The van der Waals surface area contributed by atoms with Crippen molar-refractivity contribution >= 4 is 22.6 Å². The van der Waals surface area contributed by atoms with Crippen LogP contribution in [0.15, 0.2) is 30.3 Å². The van der Waals surface area contributed by atoms with Crippen LogP contribution < -0.4 is 10.6 Å². The van der Waals surface area contributed by atoms with E-state index in [-0.39, 0.29) is 0 Å². The van der Waals surface area contributed by atoms with Gasteiger partial charge >= 0.3 is 5.97 Å². The fourth-order valence-corrected chi connectivity index (χ4v) is 2.76. The Bertz CT molecular complexity index is 686. The molecule has 0 saturated carbocycles. The van der Waals surface area contributed by atoms with E-state index in [1.807, 2.05) is 42.2 Å². The number of para-hydroxylation sites is 1. The normalized spacial score (nSPS) is 22.4. The predicted molar refractivity (Wildman–Crippen MR) is 77.9 cm³/mol. The second-order valence-corrected chi connectivity index (χ2v) is 5.43. The maximum atomic E-state index is 11.3. The number of pyridine rings is 1. The molecule has 20 heavy (non-hydrogen) atoms. The molecule has 1 atom stereocenters. The molecule has 104 valence electrons. The first kappa shape index (κ1) is 12.9. The number of hydrogen-bond acceptors (Lipinski definition) is 4. The van der Waals surface area contributed by atoms with Crippen LogP contribution in [0.4, 0.5) is 5.69 Å². The molecule has 0 spiro atoms. The number of nitrogens with zero attached hydrogens (tertiary/aromatic N) is 2. The zero-order valence-corrected chi connectivity index (χ0v) is 11.3. The van der Waals surface area contributed by atoms with Gasteiger partial charge in [0, 0.05) is 29.9 Å². The second kappa shape index (κ2) is 4.45. The molecule has 1 aromatic heterocycles. The van der Waals surface area contributed by atoms with Gasteiger partial charge in [0.15, 0.2) is 0 Å². The van der Waals surface area contributed by atoms with E-state index in [0.717, 1.165) is 22.3 Å². The Kier molecular flexibility index (Phi) is 2.87. The van der Waals surface area contributed by atoms with E-state index in [0.29, 0.717) is 19.5 Å². The van der Waals surface area contributed by atoms with Crippen LogP contribution in [0.3, 0.4) is 0 Å². The van der Waals surface area contributed by atoms with Crippen molar-refractivity contribution in [3.8, 4) is 0 Å². The lowest BCUT2D eigenvalue weighted by atomic mass is 10.0. The number of carboxylic acid groups (broad SMARTS) is 1. The first-order valence-electron chi connectivity index (χ1n) is 6.63. The fourth-order valence-electron chi connectivity index (χ4n) is 2.76. The Morgan fingerprint density at radius 3 is 2.90 bits per heavy atom. The Hall–Kier alpha value is -2.14. The topological polar surface area (TPSA) is 79.5 Å². The minimum atomic E-state index is -1.15.